The van der Waals surface area contributed by atoms with Crippen molar-refractivity contribution in [2.45, 2.75) is 39.0 Å². The van der Waals surface area contributed by atoms with Crippen molar-refractivity contribution < 1.29 is 13.9 Å². The van der Waals surface area contributed by atoms with Crippen molar-refractivity contribution in [2.24, 2.45) is 5.92 Å². The van der Waals surface area contributed by atoms with Gasteiger partial charge in [0.1, 0.15) is 5.82 Å². The summed E-state index contributed by atoms with van der Waals surface area (Å²) in [5.74, 6) is 0.203. The normalized spacial score (nSPS) is 15.5. The van der Waals surface area contributed by atoms with Crippen LogP contribution in [-0.4, -0.2) is 30.7 Å². The number of allylic oxidation sites excluding steroid dienone is 1. The van der Waals surface area contributed by atoms with E-state index in [1.54, 1.807) is 17.0 Å². The Bertz CT molecular complexity index is 519. The van der Waals surface area contributed by atoms with E-state index in [0.717, 1.165) is 56.3 Å². The van der Waals surface area contributed by atoms with Crippen LogP contribution < -0.4 is 0 Å². The zero-order chi connectivity index (χ0) is 16.7. The third-order valence-corrected chi connectivity index (χ3v) is 4.40. The molecule has 1 aromatic carbocycles. The summed E-state index contributed by atoms with van der Waals surface area (Å²) in [6.07, 6.45) is 4.36. The maximum Gasteiger partial charge on any atom is 0.409 e. The molecule has 0 N–H and O–H groups in total. The molecule has 1 fully saturated rings. The lowest BCUT2D eigenvalue weighted by molar-refractivity contribution is 0.0891. The zero-order valence-corrected chi connectivity index (χ0v) is 13.9. The summed E-state index contributed by atoms with van der Waals surface area (Å²) >= 11 is 0. The van der Waals surface area contributed by atoms with Crippen LogP contribution in [0, 0.1) is 11.7 Å². The summed E-state index contributed by atoms with van der Waals surface area (Å²) in [5, 5.41) is 0. The van der Waals surface area contributed by atoms with Gasteiger partial charge in [-0.25, -0.2) is 9.18 Å². The fourth-order valence-electron chi connectivity index (χ4n) is 2.87. The lowest BCUT2D eigenvalue weighted by atomic mass is 9.87. The molecule has 2 rings (SSSR count). The Morgan fingerprint density at radius 2 is 1.96 bits per heavy atom. The van der Waals surface area contributed by atoms with E-state index in [9.17, 15) is 9.18 Å². The summed E-state index contributed by atoms with van der Waals surface area (Å²) < 4.78 is 18.2. The van der Waals surface area contributed by atoms with Crippen molar-refractivity contribution in [1.82, 2.24) is 4.90 Å². The van der Waals surface area contributed by atoms with Crippen LogP contribution in [0.5, 0.6) is 0 Å². The number of hydrogen-bond acceptors (Lipinski definition) is 2. The fourth-order valence-corrected chi connectivity index (χ4v) is 2.87. The Kier molecular flexibility index (Phi) is 6.63. The highest BCUT2D eigenvalue weighted by Crippen LogP contribution is 2.26. The molecule has 1 aromatic rings. The minimum Gasteiger partial charge on any atom is -0.449 e. The number of nitrogens with zero attached hydrogens (tertiary/aromatic N) is 1. The number of ether oxygens (including phenoxy) is 1. The monoisotopic (exact) mass is 319 g/mol. The van der Waals surface area contributed by atoms with Crippen LogP contribution in [0.3, 0.4) is 0 Å². The first-order chi connectivity index (χ1) is 11.1. The molecule has 4 heteroatoms. The van der Waals surface area contributed by atoms with Gasteiger partial charge in [0.2, 0.25) is 0 Å². The van der Waals surface area contributed by atoms with Gasteiger partial charge in [-0.3, -0.25) is 0 Å². The molecule has 126 valence electrons. The molecule has 0 bridgehead atoms. The first-order valence-electron chi connectivity index (χ1n) is 8.44. The van der Waals surface area contributed by atoms with Crippen molar-refractivity contribution in [3.05, 3.63) is 47.8 Å². The van der Waals surface area contributed by atoms with Crippen LogP contribution in [0.1, 0.15) is 38.2 Å². The van der Waals surface area contributed by atoms with Crippen LogP contribution in [0.4, 0.5) is 9.18 Å². The van der Waals surface area contributed by atoms with Gasteiger partial charge in [0, 0.05) is 13.1 Å². The number of unbranched alkanes of at least 4 members (excludes halogenated alkanes) is 1. The molecule has 1 aliphatic heterocycles. The number of amides is 1. The number of halogens is 1. The minimum atomic E-state index is -0.214. The van der Waals surface area contributed by atoms with Gasteiger partial charge in [0.25, 0.3) is 0 Å². The lowest BCUT2D eigenvalue weighted by Gasteiger charge is -2.32. The lowest BCUT2D eigenvalue weighted by Crippen LogP contribution is -2.39. The highest BCUT2D eigenvalue weighted by Gasteiger charge is 2.25. The molecule has 0 atom stereocenters. The van der Waals surface area contributed by atoms with Crippen LogP contribution in [-0.2, 0) is 11.2 Å². The van der Waals surface area contributed by atoms with E-state index in [1.165, 1.54) is 12.1 Å². The summed E-state index contributed by atoms with van der Waals surface area (Å²) in [6.45, 7) is 8.22. The van der Waals surface area contributed by atoms with Crippen molar-refractivity contribution in [3.63, 3.8) is 0 Å². The average molecular weight is 319 g/mol. The predicted octanol–water partition coefficient (Wildman–Crippen LogP) is 4.57. The van der Waals surface area contributed by atoms with Crippen molar-refractivity contribution in [2.75, 3.05) is 19.7 Å². The third kappa shape index (κ3) is 5.38. The van der Waals surface area contributed by atoms with Gasteiger partial charge in [-0.1, -0.05) is 37.6 Å². The standard InChI is InChI=1S/C19H26FNO2/c1-3-4-13-23-19(22)21-11-9-17(10-12-21)15(2)14-16-5-7-18(20)8-6-16/h5-8,17H,2-4,9-14H2,1H3. The Labute approximate surface area is 138 Å². The Balaban J connectivity index is 1.76. The molecule has 1 aliphatic rings. The molecule has 0 aromatic heterocycles. The maximum absolute atomic E-state index is 12.9. The number of likely N-dealkylation sites (tertiary alicyclic amines) is 1. The molecular formula is C19H26FNO2. The SMILES string of the molecule is C=C(Cc1ccc(F)cc1)C1CCN(C(=O)OCCCC)CC1. The van der Waals surface area contributed by atoms with E-state index in [2.05, 4.69) is 13.5 Å². The van der Waals surface area contributed by atoms with Gasteiger partial charge >= 0.3 is 6.09 Å². The zero-order valence-electron chi connectivity index (χ0n) is 13.9. The summed E-state index contributed by atoms with van der Waals surface area (Å²) in [6, 6.07) is 6.58. The van der Waals surface area contributed by atoms with Crippen LogP contribution in [0.25, 0.3) is 0 Å². The van der Waals surface area contributed by atoms with E-state index in [4.69, 9.17) is 4.74 Å². The van der Waals surface area contributed by atoms with Crippen LogP contribution in [0.15, 0.2) is 36.4 Å². The number of rotatable bonds is 6. The molecule has 23 heavy (non-hydrogen) atoms. The van der Waals surface area contributed by atoms with Gasteiger partial charge in [-0.05, 0) is 49.3 Å². The summed E-state index contributed by atoms with van der Waals surface area (Å²) in [7, 11) is 0. The molecule has 1 heterocycles. The fraction of sp³-hybridized carbons (Fsp3) is 0.526. The molecule has 0 aliphatic carbocycles. The number of piperidine rings is 1. The first kappa shape index (κ1) is 17.5. The average Bonchev–Trinajstić information content (AvgIpc) is 2.57. The molecule has 0 saturated carbocycles. The second-order valence-electron chi connectivity index (χ2n) is 6.19. The summed E-state index contributed by atoms with van der Waals surface area (Å²) in [4.78, 5) is 13.7. The number of hydrogen-bond donors (Lipinski definition) is 0. The minimum absolute atomic E-state index is 0.193. The van der Waals surface area contributed by atoms with Gasteiger partial charge in [0.15, 0.2) is 0 Å². The molecule has 0 unspecified atom stereocenters. The predicted molar refractivity (Wildman–Crippen MR) is 89.8 cm³/mol. The second-order valence-corrected chi connectivity index (χ2v) is 6.19. The highest BCUT2D eigenvalue weighted by atomic mass is 19.1. The van der Waals surface area contributed by atoms with Crippen LogP contribution in [0.2, 0.25) is 0 Å². The Morgan fingerprint density at radius 1 is 1.30 bits per heavy atom. The van der Waals surface area contributed by atoms with Crippen molar-refractivity contribution in [1.29, 1.82) is 0 Å². The van der Waals surface area contributed by atoms with E-state index in [0.29, 0.717) is 12.5 Å². The van der Waals surface area contributed by atoms with E-state index < -0.39 is 0 Å². The molecular weight excluding hydrogens is 293 g/mol. The molecule has 0 radical (unpaired) electrons. The van der Waals surface area contributed by atoms with Crippen molar-refractivity contribution in [3.8, 4) is 0 Å². The van der Waals surface area contributed by atoms with Crippen LogP contribution >= 0.6 is 0 Å². The van der Waals surface area contributed by atoms with E-state index in [1.807, 2.05) is 0 Å². The molecule has 1 amide bonds. The van der Waals surface area contributed by atoms with Gasteiger partial charge in [-0.2, -0.15) is 0 Å². The molecule has 3 nitrogen and oxygen atoms in total. The third-order valence-electron chi connectivity index (χ3n) is 4.40. The quantitative estimate of drug-likeness (QED) is 0.567. The summed E-state index contributed by atoms with van der Waals surface area (Å²) in [5.41, 5.74) is 2.24. The second kappa shape index (κ2) is 8.70. The van der Waals surface area contributed by atoms with E-state index in [-0.39, 0.29) is 11.9 Å². The van der Waals surface area contributed by atoms with E-state index >= 15 is 0 Å². The number of carbonyl (C=O) groups excluding carboxylic acids is 1. The first-order valence-corrected chi connectivity index (χ1v) is 8.44. The number of benzene rings is 1. The van der Waals surface area contributed by atoms with Gasteiger partial charge in [-0.15, -0.1) is 0 Å². The Morgan fingerprint density at radius 3 is 2.57 bits per heavy atom. The Hall–Kier alpha value is -1.84. The topological polar surface area (TPSA) is 29.5 Å². The van der Waals surface area contributed by atoms with Gasteiger partial charge < -0.3 is 9.64 Å². The largest absolute Gasteiger partial charge is 0.449 e. The molecule has 0 spiro atoms. The molecule has 1 saturated heterocycles. The highest BCUT2D eigenvalue weighted by molar-refractivity contribution is 5.67. The van der Waals surface area contributed by atoms with Gasteiger partial charge in [0.05, 0.1) is 6.61 Å². The smallest absolute Gasteiger partial charge is 0.409 e. The van der Waals surface area contributed by atoms with Crippen molar-refractivity contribution >= 4 is 6.09 Å². The maximum atomic E-state index is 12.9. The number of carbonyl (C=O) groups is 1.